The van der Waals surface area contributed by atoms with E-state index in [1.54, 1.807) is 0 Å². The Morgan fingerprint density at radius 2 is 2.19 bits per heavy atom. The molecular weight excluding hydrogens is 332 g/mol. The Labute approximate surface area is 134 Å². The largest absolute Gasteiger partial charge is 0.482 e. The Balaban J connectivity index is 1.93. The van der Waals surface area contributed by atoms with Crippen molar-refractivity contribution in [2.75, 3.05) is 6.61 Å². The van der Waals surface area contributed by atoms with Gasteiger partial charge in [0.2, 0.25) is 0 Å². The first-order chi connectivity index (χ1) is 10.1. The number of carbonyl (C=O) groups is 1. The summed E-state index contributed by atoms with van der Waals surface area (Å²) in [4.78, 5) is 11.9. The molecule has 1 amide bonds. The van der Waals surface area contributed by atoms with Gasteiger partial charge >= 0.3 is 0 Å². The monoisotopic (exact) mass is 354 g/mol. The minimum atomic E-state index is -0.0515. The van der Waals surface area contributed by atoms with Crippen molar-refractivity contribution in [3.63, 3.8) is 0 Å². The highest BCUT2D eigenvalue weighted by molar-refractivity contribution is 9.10. The fourth-order valence-electron chi connectivity index (χ4n) is 2.70. The zero-order chi connectivity index (χ0) is 15.2. The summed E-state index contributed by atoms with van der Waals surface area (Å²) in [6, 6.07) is 6.22. The van der Waals surface area contributed by atoms with Gasteiger partial charge in [0, 0.05) is 12.1 Å². The molecule has 3 N–H and O–H groups in total. The van der Waals surface area contributed by atoms with E-state index in [0.29, 0.717) is 6.04 Å². The Hall–Kier alpha value is -1.07. The van der Waals surface area contributed by atoms with E-state index in [1.165, 1.54) is 12.8 Å². The maximum atomic E-state index is 11.9. The lowest BCUT2D eigenvalue weighted by molar-refractivity contribution is -0.123. The van der Waals surface area contributed by atoms with Crippen LogP contribution in [0.15, 0.2) is 22.7 Å². The number of hydrogen-bond acceptors (Lipinski definition) is 3. The zero-order valence-corrected chi connectivity index (χ0v) is 14.0. The Bertz CT molecular complexity index is 485. The van der Waals surface area contributed by atoms with Crippen LogP contribution in [0.4, 0.5) is 0 Å². The SMILES string of the molecule is CC(N)Cc1cccc(Br)c1OCC(=O)NC1CCCC1. The van der Waals surface area contributed by atoms with Crippen molar-refractivity contribution in [3.8, 4) is 5.75 Å². The maximum absolute atomic E-state index is 11.9. The van der Waals surface area contributed by atoms with Gasteiger partial charge in [0.15, 0.2) is 6.61 Å². The van der Waals surface area contributed by atoms with Crippen LogP contribution < -0.4 is 15.8 Å². The second-order valence-corrected chi connectivity index (χ2v) is 6.60. The number of halogens is 1. The third kappa shape index (κ3) is 5.00. The van der Waals surface area contributed by atoms with Crippen LogP contribution >= 0.6 is 15.9 Å². The molecule has 0 heterocycles. The Morgan fingerprint density at radius 3 is 2.86 bits per heavy atom. The quantitative estimate of drug-likeness (QED) is 0.825. The van der Waals surface area contributed by atoms with Crippen LogP contribution in [0.2, 0.25) is 0 Å². The molecule has 1 aliphatic carbocycles. The first kappa shape index (κ1) is 16.3. The number of nitrogens with two attached hydrogens (primary N) is 1. The maximum Gasteiger partial charge on any atom is 0.258 e. The van der Waals surface area contributed by atoms with Crippen molar-refractivity contribution in [2.24, 2.45) is 5.73 Å². The molecule has 0 bridgehead atoms. The summed E-state index contributed by atoms with van der Waals surface area (Å²) in [6.45, 7) is 2.00. The van der Waals surface area contributed by atoms with Gasteiger partial charge in [-0.2, -0.15) is 0 Å². The van der Waals surface area contributed by atoms with Crippen molar-refractivity contribution in [3.05, 3.63) is 28.2 Å². The topological polar surface area (TPSA) is 64.3 Å². The number of ether oxygens (including phenoxy) is 1. The van der Waals surface area contributed by atoms with Crippen molar-refractivity contribution in [1.82, 2.24) is 5.32 Å². The molecule has 1 atom stereocenters. The second kappa shape index (κ2) is 7.80. The first-order valence-electron chi connectivity index (χ1n) is 7.51. The van der Waals surface area contributed by atoms with E-state index in [2.05, 4.69) is 21.2 Å². The van der Waals surface area contributed by atoms with Gasteiger partial charge in [-0.15, -0.1) is 0 Å². The van der Waals surface area contributed by atoms with Crippen LogP contribution in [0, 0.1) is 0 Å². The predicted octanol–water partition coefficient (Wildman–Crippen LogP) is 2.78. The standard InChI is InChI=1S/C16H23BrN2O2/c1-11(18)9-12-5-4-8-14(17)16(12)21-10-15(20)19-13-6-2-3-7-13/h4-5,8,11,13H,2-3,6-7,9-10,18H2,1H3,(H,19,20). The molecule has 1 unspecified atom stereocenters. The van der Waals surface area contributed by atoms with Gasteiger partial charge in [0.1, 0.15) is 5.75 Å². The average Bonchev–Trinajstić information content (AvgIpc) is 2.90. The van der Waals surface area contributed by atoms with Crippen molar-refractivity contribution in [1.29, 1.82) is 0 Å². The van der Waals surface area contributed by atoms with Crippen LogP contribution in [0.5, 0.6) is 5.75 Å². The number of rotatable bonds is 6. The number of amides is 1. The van der Waals surface area contributed by atoms with Crippen LogP contribution in [-0.2, 0) is 11.2 Å². The van der Waals surface area contributed by atoms with Crippen LogP contribution in [0.1, 0.15) is 38.2 Å². The predicted molar refractivity (Wildman–Crippen MR) is 87.4 cm³/mol. The number of nitrogens with one attached hydrogen (secondary N) is 1. The normalized spacial score (nSPS) is 16.7. The summed E-state index contributed by atoms with van der Waals surface area (Å²) in [5, 5.41) is 3.02. The van der Waals surface area contributed by atoms with E-state index in [-0.39, 0.29) is 18.6 Å². The lowest BCUT2D eigenvalue weighted by Crippen LogP contribution is -2.36. The molecule has 21 heavy (non-hydrogen) atoms. The third-order valence-electron chi connectivity index (χ3n) is 3.66. The minimum absolute atomic E-state index is 0.0467. The van der Waals surface area contributed by atoms with Crippen LogP contribution in [0.25, 0.3) is 0 Å². The van der Waals surface area contributed by atoms with Crippen molar-refractivity contribution in [2.45, 2.75) is 51.1 Å². The molecule has 0 saturated heterocycles. The molecule has 0 aromatic heterocycles. The highest BCUT2D eigenvalue weighted by Crippen LogP contribution is 2.29. The number of hydrogen-bond donors (Lipinski definition) is 2. The summed E-state index contributed by atoms with van der Waals surface area (Å²) >= 11 is 3.48. The van der Waals surface area contributed by atoms with Gasteiger partial charge in [-0.3, -0.25) is 4.79 Å². The number of benzene rings is 1. The smallest absolute Gasteiger partial charge is 0.258 e. The number of para-hydroxylation sites is 1. The molecule has 1 aliphatic rings. The van der Waals surface area contributed by atoms with E-state index in [0.717, 1.165) is 35.0 Å². The van der Waals surface area contributed by atoms with E-state index in [4.69, 9.17) is 10.5 Å². The van der Waals surface area contributed by atoms with Crippen LogP contribution in [0.3, 0.4) is 0 Å². The first-order valence-corrected chi connectivity index (χ1v) is 8.30. The summed E-state index contributed by atoms with van der Waals surface area (Å²) in [5.74, 6) is 0.667. The summed E-state index contributed by atoms with van der Waals surface area (Å²) in [6.07, 6.45) is 5.29. The molecule has 4 nitrogen and oxygen atoms in total. The van der Waals surface area contributed by atoms with Crippen LogP contribution in [-0.4, -0.2) is 24.6 Å². The third-order valence-corrected chi connectivity index (χ3v) is 4.28. The van der Waals surface area contributed by atoms with Gasteiger partial charge in [-0.05, 0) is 53.7 Å². The summed E-state index contributed by atoms with van der Waals surface area (Å²) in [5.41, 5.74) is 6.88. The zero-order valence-electron chi connectivity index (χ0n) is 12.4. The average molecular weight is 355 g/mol. The number of carbonyl (C=O) groups excluding carboxylic acids is 1. The molecule has 0 spiro atoms. The van der Waals surface area contributed by atoms with E-state index in [1.807, 2.05) is 25.1 Å². The van der Waals surface area contributed by atoms with Crippen molar-refractivity contribution < 1.29 is 9.53 Å². The fourth-order valence-corrected chi connectivity index (χ4v) is 3.22. The molecule has 0 radical (unpaired) electrons. The van der Waals surface area contributed by atoms with E-state index >= 15 is 0 Å². The van der Waals surface area contributed by atoms with Gasteiger partial charge in [-0.25, -0.2) is 0 Å². The Morgan fingerprint density at radius 1 is 1.48 bits per heavy atom. The Kier molecular flexibility index (Phi) is 6.06. The second-order valence-electron chi connectivity index (χ2n) is 5.75. The van der Waals surface area contributed by atoms with E-state index < -0.39 is 0 Å². The molecule has 1 aromatic rings. The minimum Gasteiger partial charge on any atom is -0.482 e. The highest BCUT2D eigenvalue weighted by atomic mass is 79.9. The molecular formula is C16H23BrN2O2. The van der Waals surface area contributed by atoms with Gasteiger partial charge in [0.25, 0.3) is 5.91 Å². The summed E-state index contributed by atoms with van der Waals surface area (Å²) < 4.78 is 6.58. The van der Waals surface area contributed by atoms with E-state index in [9.17, 15) is 4.79 Å². The summed E-state index contributed by atoms with van der Waals surface area (Å²) in [7, 11) is 0. The van der Waals surface area contributed by atoms with Gasteiger partial charge in [-0.1, -0.05) is 25.0 Å². The molecule has 0 aliphatic heterocycles. The molecule has 1 saturated carbocycles. The lowest BCUT2D eigenvalue weighted by Gasteiger charge is -2.16. The van der Waals surface area contributed by atoms with Crippen molar-refractivity contribution >= 4 is 21.8 Å². The molecule has 1 fully saturated rings. The lowest BCUT2D eigenvalue weighted by atomic mass is 10.1. The molecule has 116 valence electrons. The van der Waals surface area contributed by atoms with Gasteiger partial charge in [0.05, 0.1) is 4.47 Å². The highest BCUT2D eigenvalue weighted by Gasteiger charge is 2.18. The molecule has 1 aromatic carbocycles. The fraction of sp³-hybridized carbons (Fsp3) is 0.562. The molecule has 2 rings (SSSR count). The molecule has 5 heteroatoms. The van der Waals surface area contributed by atoms with Gasteiger partial charge < -0.3 is 15.8 Å².